The van der Waals surface area contributed by atoms with Gasteiger partial charge in [0.05, 0.1) is 7.11 Å². The summed E-state index contributed by atoms with van der Waals surface area (Å²) in [6.45, 7) is 3.63. The summed E-state index contributed by atoms with van der Waals surface area (Å²) in [5, 5.41) is 8.61. The van der Waals surface area contributed by atoms with Crippen LogP contribution in [0.25, 0.3) is 6.08 Å². The van der Waals surface area contributed by atoms with Gasteiger partial charge in [0.15, 0.2) is 0 Å². The van der Waals surface area contributed by atoms with E-state index >= 15 is 0 Å². The van der Waals surface area contributed by atoms with Gasteiger partial charge in [0.1, 0.15) is 10.6 Å². The van der Waals surface area contributed by atoms with E-state index in [1.807, 2.05) is 6.92 Å². The van der Waals surface area contributed by atoms with Crippen LogP contribution >= 0.6 is 0 Å². The minimum Gasteiger partial charge on any atom is -0.495 e. The second kappa shape index (κ2) is 7.24. The van der Waals surface area contributed by atoms with E-state index in [1.165, 1.54) is 25.3 Å². The molecule has 7 heteroatoms. The van der Waals surface area contributed by atoms with Crippen LogP contribution in [0.1, 0.15) is 25.8 Å². The number of hydrogen-bond acceptors (Lipinski definition) is 4. The van der Waals surface area contributed by atoms with Gasteiger partial charge in [-0.05, 0) is 37.1 Å². The van der Waals surface area contributed by atoms with Crippen LogP contribution in [-0.4, -0.2) is 32.6 Å². The number of rotatable bonds is 7. The first kappa shape index (κ1) is 17.2. The normalized spacial score (nSPS) is 13.3. The van der Waals surface area contributed by atoms with Crippen molar-refractivity contribution in [1.82, 2.24) is 4.72 Å². The Morgan fingerprint density at radius 1 is 1.48 bits per heavy atom. The van der Waals surface area contributed by atoms with Crippen LogP contribution in [0.3, 0.4) is 0 Å². The number of benzene rings is 1. The fraction of sp³-hybridized carbons (Fsp3) is 0.357. The smallest absolute Gasteiger partial charge is 0.328 e. The Kier molecular flexibility index (Phi) is 5.92. The molecule has 0 aliphatic rings. The predicted molar refractivity (Wildman–Crippen MR) is 79.7 cm³/mol. The summed E-state index contributed by atoms with van der Waals surface area (Å²) in [5.74, 6) is -0.897. The fourth-order valence-corrected chi connectivity index (χ4v) is 3.12. The van der Waals surface area contributed by atoms with Crippen molar-refractivity contribution < 1.29 is 23.1 Å². The molecule has 0 aliphatic carbocycles. The Labute approximate surface area is 124 Å². The SMILES string of the molecule is CCC(C)NS(=O)(=O)c1cc(/C=C/C(=O)O)ccc1OC. The molecule has 1 atom stereocenters. The van der Waals surface area contributed by atoms with E-state index in [2.05, 4.69) is 4.72 Å². The van der Waals surface area contributed by atoms with E-state index in [9.17, 15) is 13.2 Å². The Morgan fingerprint density at radius 3 is 2.67 bits per heavy atom. The molecule has 1 aromatic rings. The largest absolute Gasteiger partial charge is 0.495 e. The minimum absolute atomic E-state index is 0.0159. The summed E-state index contributed by atoms with van der Waals surface area (Å²) in [5.41, 5.74) is 0.461. The lowest BCUT2D eigenvalue weighted by atomic mass is 10.2. The van der Waals surface area contributed by atoms with E-state index < -0.39 is 16.0 Å². The maximum absolute atomic E-state index is 12.3. The number of nitrogens with one attached hydrogen (secondary N) is 1. The van der Waals surface area contributed by atoms with Crippen molar-refractivity contribution in [3.8, 4) is 5.75 Å². The molecule has 1 aromatic carbocycles. The topological polar surface area (TPSA) is 92.7 Å². The zero-order valence-corrected chi connectivity index (χ0v) is 13.0. The van der Waals surface area contributed by atoms with E-state index in [1.54, 1.807) is 13.0 Å². The van der Waals surface area contributed by atoms with Gasteiger partial charge in [0.2, 0.25) is 10.0 Å². The zero-order valence-electron chi connectivity index (χ0n) is 12.2. The Hall–Kier alpha value is -1.86. The molecular weight excluding hydrogens is 294 g/mol. The standard InChI is InChI=1S/C14H19NO5S/c1-4-10(2)15-21(18,19)13-9-11(6-8-14(16)17)5-7-12(13)20-3/h5-10,15H,4H2,1-3H3,(H,16,17)/b8-6+. The third-order valence-electron chi connectivity index (χ3n) is 2.86. The van der Waals surface area contributed by atoms with E-state index in [0.29, 0.717) is 12.0 Å². The maximum Gasteiger partial charge on any atom is 0.328 e. The van der Waals surface area contributed by atoms with Gasteiger partial charge in [-0.1, -0.05) is 13.0 Å². The number of carbonyl (C=O) groups is 1. The summed E-state index contributed by atoms with van der Waals surface area (Å²) < 4.78 is 32.3. The summed E-state index contributed by atoms with van der Waals surface area (Å²) >= 11 is 0. The first-order valence-corrected chi connectivity index (χ1v) is 7.89. The average molecular weight is 313 g/mol. The van der Waals surface area contributed by atoms with E-state index in [0.717, 1.165) is 6.08 Å². The first-order valence-electron chi connectivity index (χ1n) is 6.41. The third-order valence-corrected chi connectivity index (χ3v) is 4.48. The highest BCUT2D eigenvalue weighted by atomic mass is 32.2. The van der Waals surface area contributed by atoms with Gasteiger partial charge in [-0.25, -0.2) is 17.9 Å². The average Bonchev–Trinajstić information content (AvgIpc) is 2.44. The van der Waals surface area contributed by atoms with Crippen molar-refractivity contribution in [2.45, 2.75) is 31.2 Å². The predicted octanol–water partition coefficient (Wildman–Crippen LogP) is 1.87. The summed E-state index contributed by atoms with van der Waals surface area (Å²) in [7, 11) is -2.35. The quantitative estimate of drug-likeness (QED) is 0.750. The highest BCUT2D eigenvalue weighted by Crippen LogP contribution is 2.25. The van der Waals surface area contributed by atoms with E-state index in [-0.39, 0.29) is 16.7 Å². The summed E-state index contributed by atoms with van der Waals surface area (Å²) in [6, 6.07) is 4.24. The van der Waals surface area contributed by atoms with Crippen molar-refractivity contribution >= 4 is 22.1 Å². The van der Waals surface area contributed by atoms with Gasteiger partial charge < -0.3 is 9.84 Å². The van der Waals surface area contributed by atoms with Crippen LogP contribution in [0.2, 0.25) is 0 Å². The van der Waals surface area contributed by atoms with Crippen molar-refractivity contribution in [2.75, 3.05) is 7.11 Å². The van der Waals surface area contributed by atoms with Crippen LogP contribution < -0.4 is 9.46 Å². The first-order chi connectivity index (χ1) is 9.80. The van der Waals surface area contributed by atoms with Gasteiger partial charge in [-0.15, -0.1) is 0 Å². The second-order valence-electron chi connectivity index (χ2n) is 4.51. The molecule has 0 bridgehead atoms. The molecule has 2 N–H and O–H groups in total. The molecule has 0 aromatic heterocycles. The number of sulfonamides is 1. The van der Waals surface area contributed by atoms with Crippen LogP contribution in [0.4, 0.5) is 0 Å². The fourth-order valence-electron chi connectivity index (χ4n) is 1.59. The molecule has 0 radical (unpaired) electrons. The van der Waals surface area contributed by atoms with Gasteiger partial charge in [-0.3, -0.25) is 0 Å². The molecule has 6 nitrogen and oxygen atoms in total. The lowest BCUT2D eigenvalue weighted by molar-refractivity contribution is -0.131. The lowest BCUT2D eigenvalue weighted by Gasteiger charge is -2.15. The summed E-state index contributed by atoms with van der Waals surface area (Å²) in [4.78, 5) is 10.5. The zero-order chi connectivity index (χ0) is 16.0. The molecule has 0 heterocycles. The van der Waals surface area contributed by atoms with Gasteiger partial charge in [0, 0.05) is 12.1 Å². The molecular formula is C14H19NO5S. The van der Waals surface area contributed by atoms with Gasteiger partial charge in [0.25, 0.3) is 0 Å². The van der Waals surface area contributed by atoms with Crippen LogP contribution in [-0.2, 0) is 14.8 Å². The van der Waals surface area contributed by atoms with E-state index in [4.69, 9.17) is 9.84 Å². The van der Waals surface area contributed by atoms with Crippen LogP contribution in [0, 0.1) is 0 Å². The second-order valence-corrected chi connectivity index (χ2v) is 6.19. The Morgan fingerprint density at radius 2 is 2.14 bits per heavy atom. The molecule has 0 fully saturated rings. The number of aliphatic carboxylic acids is 1. The monoisotopic (exact) mass is 313 g/mol. The number of methoxy groups -OCH3 is 1. The Bertz CT molecular complexity index is 637. The van der Waals surface area contributed by atoms with Crippen LogP contribution in [0.15, 0.2) is 29.2 Å². The third kappa shape index (κ3) is 4.87. The number of ether oxygens (including phenoxy) is 1. The molecule has 0 spiro atoms. The van der Waals surface area contributed by atoms with Crippen molar-refractivity contribution in [3.63, 3.8) is 0 Å². The van der Waals surface area contributed by atoms with Crippen molar-refractivity contribution in [1.29, 1.82) is 0 Å². The van der Waals surface area contributed by atoms with Crippen molar-refractivity contribution in [2.24, 2.45) is 0 Å². The minimum atomic E-state index is -3.73. The van der Waals surface area contributed by atoms with Gasteiger partial charge in [-0.2, -0.15) is 0 Å². The Balaban J connectivity index is 3.25. The molecule has 21 heavy (non-hydrogen) atoms. The molecule has 1 rings (SSSR count). The lowest BCUT2D eigenvalue weighted by Crippen LogP contribution is -2.32. The molecule has 0 amide bonds. The molecule has 0 aliphatic heterocycles. The molecule has 1 unspecified atom stereocenters. The number of carboxylic acids is 1. The number of carboxylic acid groups (broad SMARTS) is 1. The van der Waals surface area contributed by atoms with Crippen molar-refractivity contribution in [3.05, 3.63) is 29.8 Å². The number of hydrogen-bond donors (Lipinski definition) is 2. The molecule has 0 saturated heterocycles. The summed E-state index contributed by atoms with van der Waals surface area (Å²) in [6.07, 6.45) is 2.92. The van der Waals surface area contributed by atoms with Gasteiger partial charge >= 0.3 is 5.97 Å². The highest BCUT2D eigenvalue weighted by Gasteiger charge is 2.21. The van der Waals surface area contributed by atoms with Crippen LogP contribution in [0.5, 0.6) is 5.75 Å². The highest BCUT2D eigenvalue weighted by molar-refractivity contribution is 7.89. The molecule has 0 saturated carbocycles. The maximum atomic E-state index is 12.3. The molecule has 116 valence electrons.